The van der Waals surface area contributed by atoms with E-state index < -0.39 is 107 Å². The molecule has 14 heteroatoms. The molecule has 2 aliphatic carbocycles. The van der Waals surface area contributed by atoms with Crippen LogP contribution in [0.2, 0.25) is 0 Å². The summed E-state index contributed by atoms with van der Waals surface area (Å²) in [6, 6.07) is 16.1. The number of rotatable bonds is 7. The molecule has 2 heterocycles. The number of esters is 5. The van der Waals surface area contributed by atoms with Crippen molar-refractivity contribution in [2.24, 2.45) is 28.6 Å². The van der Waals surface area contributed by atoms with Crippen molar-refractivity contribution in [3.8, 4) is 0 Å². The summed E-state index contributed by atoms with van der Waals surface area (Å²) >= 11 is 0. The van der Waals surface area contributed by atoms with Crippen molar-refractivity contribution >= 4 is 29.8 Å². The van der Waals surface area contributed by atoms with Gasteiger partial charge >= 0.3 is 29.8 Å². The highest BCUT2D eigenvalue weighted by Gasteiger charge is 2.80. The van der Waals surface area contributed by atoms with E-state index in [2.05, 4.69) is 0 Å². The van der Waals surface area contributed by atoms with Crippen molar-refractivity contribution < 1.29 is 67.3 Å². The number of ether oxygens (including phenoxy) is 7. The van der Waals surface area contributed by atoms with Crippen LogP contribution in [0.1, 0.15) is 75.6 Å². The van der Waals surface area contributed by atoms with Crippen LogP contribution in [-0.2, 0) is 47.5 Å². The van der Waals surface area contributed by atoms with Gasteiger partial charge in [-0.05, 0) is 48.9 Å². The number of hydrogen-bond donors (Lipinski definition) is 2. The number of benzene rings is 2. The zero-order valence-electron chi connectivity index (χ0n) is 30.7. The Kier molecular flexibility index (Phi) is 9.99. The molecule has 4 aliphatic rings. The van der Waals surface area contributed by atoms with E-state index in [0.29, 0.717) is 0 Å². The highest BCUT2D eigenvalue weighted by atomic mass is 16.8. The van der Waals surface area contributed by atoms with E-state index in [0.717, 1.165) is 13.8 Å². The highest BCUT2D eigenvalue weighted by Crippen LogP contribution is 2.68. The minimum Gasteiger partial charge on any atom is -0.459 e. The first kappa shape index (κ1) is 38.4. The highest BCUT2D eigenvalue weighted by molar-refractivity contribution is 5.90. The van der Waals surface area contributed by atoms with Gasteiger partial charge in [-0.1, -0.05) is 57.2 Å². The molecule has 286 valence electrons. The van der Waals surface area contributed by atoms with Crippen LogP contribution in [0.5, 0.6) is 0 Å². The molecule has 0 unspecified atom stereocenters. The standard InChI is InChI=1S/C39H46O14/c1-20(40)48-25-19-47-38(7)28(25)29(51-34(44)23-14-10-8-11-15-23)31-37(6)26(18-27(49-21(2)41)39(31,46)53-38)36(4,5)32(43)30(50-22(3)42)33(37)52-35(45)24-16-12-9-13-17-24/h8-17,25-33,43,46H,18-19H2,1-7H3/t25-,26+,27-,28+,29-,30+,31-,32-,33+,37+,38-,39+/m1/s1. The third-order valence-corrected chi connectivity index (χ3v) is 11.7. The molecule has 2 N–H and O–H groups in total. The lowest BCUT2D eigenvalue weighted by molar-refractivity contribution is -0.458. The van der Waals surface area contributed by atoms with Gasteiger partial charge in [-0.2, -0.15) is 0 Å². The van der Waals surface area contributed by atoms with E-state index in [4.69, 9.17) is 33.2 Å². The quantitative estimate of drug-likeness (QED) is 0.311. The smallest absolute Gasteiger partial charge is 0.338 e. The zero-order valence-corrected chi connectivity index (χ0v) is 30.7. The van der Waals surface area contributed by atoms with Gasteiger partial charge in [-0.25, -0.2) is 9.59 Å². The minimum absolute atomic E-state index is 0.146. The Labute approximate surface area is 307 Å². The molecule has 12 atom stereocenters. The Balaban J connectivity index is 1.62. The van der Waals surface area contributed by atoms with Gasteiger partial charge in [0.05, 0.1) is 29.6 Å². The molecule has 53 heavy (non-hydrogen) atoms. The molecule has 14 nitrogen and oxygen atoms in total. The average Bonchev–Trinajstić information content (AvgIpc) is 3.40. The monoisotopic (exact) mass is 738 g/mol. The second-order valence-electron chi connectivity index (χ2n) is 15.4. The van der Waals surface area contributed by atoms with Crippen molar-refractivity contribution in [1.82, 2.24) is 0 Å². The third kappa shape index (κ3) is 6.49. The zero-order chi connectivity index (χ0) is 38.7. The Bertz CT molecular complexity index is 1750. The van der Waals surface area contributed by atoms with E-state index in [-0.39, 0.29) is 24.2 Å². The van der Waals surface area contributed by atoms with Gasteiger partial charge in [0.25, 0.3) is 0 Å². The number of aliphatic hydroxyl groups is 2. The van der Waals surface area contributed by atoms with Crippen molar-refractivity contribution in [2.75, 3.05) is 6.61 Å². The molecule has 0 aromatic heterocycles. The molecule has 0 spiro atoms. The number of aliphatic hydroxyl groups excluding tert-OH is 1. The first-order chi connectivity index (χ1) is 24.8. The summed E-state index contributed by atoms with van der Waals surface area (Å²) in [6.07, 6.45) is -8.61. The molecular formula is C39H46O14. The SMILES string of the molecule is CC(=O)O[C@H]1[C@@H](O)C(C)(C)[C@@H]2C[C@@H](OC(C)=O)[C@]3(O)O[C@@]4(C)OC[C@@H](OC(C)=O)[C@H]4[C@@H](OC(=O)c4ccccc4)[C@@H]3[C@@]2(C)[C@H]1OC(=O)c1ccccc1. The molecule has 2 saturated heterocycles. The maximum Gasteiger partial charge on any atom is 0.338 e. The molecule has 4 fully saturated rings. The van der Waals surface area contributed by atoms with Gasteiger partial charge in [0.2, 0.25) is 5.79 Å². The van der Waals surface area contributed by atoms with Crippen LogP contribution in [-0.4, -0.2) is 94.9 Å². The van der Waals surface area contributed by atoms with Gasteiger partial charge in [-0.3, -0.25) is 14.4 Å². The normalized spacial score (nSPS) is 38.2. The van der Waals surface area contributed by atoms with Gasteiger partial charge in [0.15, 0.2) is 18.0 Å². The molecule has 6 rings (SSSR count). The maximum atomic E-state index is 14.1. The number of carbonyl (C=O) groups excluding carboxylic acids is 5. The molecule has 0 radical (unpaired) electrons. The Morgan fingerprint density at radius 3 is 1.77 bits per heavy atom. The fourth-order valence-corrected chi connectivity index (χ4v) is 9.60. The van der Waals surface area contributed by atoms with E-state index in [1.807, 2.05) is 0 Å². The van der Waals surface area contributed by atoms with Crippen LogP contribution < -0.4 is 0 Å². The van der Waals surface area contributed by atoms with Crippen LogP contribution in [0.4, 0.5) is 0 Å². The van der Waals surface area contributed by atoms with Gasteiger partial charge in [0.1, 0.15) is 24.4 Å². The van der Waals surface area contributed by atoms with Gasteiger partial charge in [-0.15, -0.1) is 0 Å². The first-order valence-electron chi connectivity index (χ1n) is 17.6. The lowest BCUT2D eigenvalue weighted by Crippen LogP contribution is -2.81. The molecule has 2 aromatic carbocycles. The van der Waals surface area contributed by atoms with Crippen LogP contribution in [0.3, 0.4) is 0 Å². The molecule has 2 aliphatic heterocycles. The summed E-state index contributed by atoms with van der Waals surface area (Å²) in [4.78, 5) is 65.9. The van der Waals surface area contributed by atoms with E-state index in [1.54, 1.807) is 57.2 Å². The third-order valence-electron chi connectivity index (χ3n) is 11.7. The van der Waals surface area contributed by atoms with Gasteiger partial charge in [0, 0.05) is 26.2 Å². The van der Waals surface area contributed by atoms with Crippen LogP contribution >= 0.6 is 0 Å². The van der Waals surface area contributed by atoms with Crippen molar-refractivity contribution in [3.63, 3.8) is 0 Å². The Morgan fingerprint density at radius 1 is 0.717 bits per heavy atom. The van der Waals surface area contributed by atoms with Crippen molar-refractivity contribution in [2.45, 2.75) is 103 Å². The van der Waals surface area contributed by atoms with Crippen LogP contribution in [0.25, 0.3) is 0 Å². The van der Waals surface area contributed by atoms with E-state index in [1.165, 1.54) is 38.1 Å². The average molecular weight is 739 g/mol. The summed E-state index contributed by atoms with van der Waals surface area (Å²) in [7, 11) is 0. The summed E-state index contributed by atoms with van der Waals surface area (Å²) < 4.78 is 42.7. The molecule has 0 amide bonds. The minimum atomic E-state index is -2.54. The van der Waals surface area contributed by atoms with E-state index in [9.17, 15) is 34.2 Å². The summed E-state index contributed by atoms with van der Waals surface area (Å²) in [6.45, 7) is 9.94. The van der Waals surface area contributed by atoms with Crippen molar-refractivity contribution in [1.29, 1.82) is 0 Å². The van der Waals surface area contributed by atoms with Crippen LogP contribution in [0.15, 0.2) is 60.7 Å². The largest absolute Gasteiger partial charge is 0.459 e. The van der Waals surface area contributed by atoms with Crippen molar-refractivity contribution in [3.05, 3.63) is 71.8 Å². The fraction of sp³-hybridized carbons (Fsp3) is 0.564. The molecule has 0 bridgehead atoms. The first-order valence-corrected chi connectivity index (χ1v) is 17.6. The van der Waals surface area contributed by atoms with Crippen LogP contribution in [0, 0.1) is 28.6 Å². The fourth-order valence-electron chi connectivity index (χ4n) is 9.60. The summed E-state index contributed by atoms with van der Waals surface area (Å²) in [5.74, 6) is -11.6. The van der Waals surface area contributed by atoms with Gasteiger partial charge < -0.3 is 43.4 Å². The molecular weight excluding hydrogens is 692 g/mol. The Hall–Kier alpha value is -4.37. The second kappa shape index (κ2) is 13.8. The number of fused-ring (bicyclic) bond motifs is 4. The molecule has 2 saturated carbocycles. The Morgan fingerprint density at radius 2 is 1.25 bits per heavy atom. The summed E-state index contributed by atoms with van der Waals surface area (Å²) in [5.41, 5.74) is -2.52. The predicted molar refractivity (Wildman–Crippen MR) is 181 cm³/mol. The lowest BCUT2D eigenvalue weighted by atomic mass is 9.42. The number of hydrogen-bond acceptors (Lipinski definition) is 14. The maximum absolute atomic E-state index is 14.1. The number of carbonyl (C=O) groups is 5. The lowest BCUT2D eigenvalue weighted by Gasteiger charge is -2.69. The second-order valence-corrected chi connectivity index (χ2v) is 15.4. The van der Waals surface area contributed by atoms with E-state index >= 15 is 0 Å². The summed E-state index contributed by atoms with van der Waals surface area (Å²) in [5, 5.41) is 25.2. The molecule has 2 aromatic rings. The predicted octanol–water partition coefficient (Wildman–Crippen LogP) is 3.36. The topological polar surface area (TPSA) is 190 Å².